The van der Waals surface area contributed by atoms with E-state index in [4.69, 9.17) is 5.11 Å². The summed E-state index contributed by atoms with van der Waals surface area (Å²) in [7, 11) is 0. The molecule has 0 aliphatic rings. The van der Waals surface area contributed by atoms with E-state index < -0.39 is 5.97 Å². The third-order valence-corrected chi connectivity index (χ3v) is 4.26. The fraction of sp³-hybridized carbons (Fsp3) is 0.375. The van der Waals surface area contributed by atoms with E-state index >= 15 is 0 Å². The SMILES string of the molecule is CCc1cc(SCC(=O)O)n(-c2c(C)cc(C)cc2C)n1. The van der Waals surface area contributed by atoms with Crippen LogP contribution in [-0.4, -0.2) is 26.6 Å². The van der Waals surface area contributed by atoms with Gasteiger partial charge in [-0.15, -0.1) is 0 Å². The minimum absolute atomic E-state index is 0.0405. The van der Waals surface area contributed by atoms with Crippen molar-refractivity contribution in [1.29, 1.82) is 0 Å². The van der Waals surface area contributed by atoms with Gasteiger partial charge in [-0.2, -0.15) is 5.10 Å². The Morgan fingerprint density at radius 1 is 1.24 bits per heavy atom. The minimum atomic E-state index is -0.817. The Morgan fingerprint density at radius 3 is 2.38 bits per heavy atom. The Kier molecular flexibility index (Phi) is 4.73. The molecule has 0 saturated carbocycles. The van der Waals surface area contributed by atoms with Crippen molar-refractivity contribution in [3.05, 3.63) is 40.6 Å². The van der Waals surface area contributed by atoms with Gasteiger partial charge in [-0.1, -0.05) is 36.4 Å². The molecule has 0 aliphatic carbocycles. The van der Waals surface area contributed by atoms with E-state index in [1.165, 1.54) is 17.3 Å². The quantitative estimate of drug-likeness (QED) is 0.859. The van der Waals surface area contributed by atoms with Crippen molar-refractivity contribution >= 4 is 17.7 Å². The summed E-state index contributed by atoms with van der Waals surface area (Å²) in [5.41, 5.74) is 5.54. The number of aryl methyl sites for hydroxylation is 4. The highest BCUT2D eigenvalue weighted by atomic mass is 32.2. The molecule has 0 unspecified atom stereocenters. The maximum Gasteiger partial charge on any atom is 0.313 e. The maximum atomic E-state index is 10.8. The van der Waals surface area contributed by atoms with Gasteiger partial charge in [-0.05, 0) is 44.4 Å². The Bertz CT molecular complexity index is 654. The molecule has 1 N–H and O–H groups in total. The molecule has 4 nitrogen and oxygen atoms in total. The van der Waals surface area contributed by atoms with Gasteiger partial charge in [-0.3, -0.25) is 4.79 Å². The van der Waals surface area contributed by atoms with Crippen LogP contribution in [0.4, 0.5) is 0 Å². The maximum absolute atomic E-state index is 10.8. The first-order valence-corrected chi connectivity index (χ1v) is 7.92. The minimum Gasteiger partial charge on any atom is -0.481 e. The molecule has 0 amide bonds. The molecule has 2 aromatic rings. The van der Waals surface area contributed by atoms with Crippen molar-refractivity contribution in [2.45, 2.75) is 39.1 Å². The van der Waals surface area contributed by atoms with Crippen LogP contribution >= 0.6 is 11.8 Å². The average molecular weight is 304 g/mol. The summed E-state index contributed by atoms with van der Waals surface area (Å²) in [6.07, 6.45) is 0.831. The van der Waals surface area contributed by atoms with Crippen LogP contribution in [0.2, 0.25) is 0 Å². The fourth-order valence-corrected chi connectivity index (χ4v) is 3.23. The summed E-state index contributed by atoms with van der Waals surface area (Å²) in [5.74, 6) is -0.776. The Labute approximate surface area is 129 Å². The Morgan fingerprint density at radius 2 is 1.86 bits per heavy atom. The predicted octanol–water partition coefficient (Wildman–Crippen LogP) is 3.54. The van der Waals surface area contributed by atoms with Crippen molar-refractivity contribution in [3.63, 3.8) is 0 Å². The summed E-state index contributed by atoms with van der Waals surface area (Å²) >= 11 is 1.31. The van der Waals surface area contributed by atoms with Crippen LogP contribution in [0, 0.1) is 20.8 Å². The monoisotopic (exact) mass is 304 g/mol. The number of carboxylic acid groups (broad SMARTS) is 1. The second-order valence-corrected chi connectivity index (χ2v) is 6.16. The number of nitrogens with zero attached hydrogens (tertiary/aromatic N) is 2. The van der Waals surface area contributed by atoms with Crippen LogP contribution in [0.25, 0.3) is 5.69 Å². The zero-order valence-electron chi connectivity index (χ0n) is 12.8. The molecule has 112 valence electrons. The molecule has 1 heterocycles. The number of aromatic nitrogens is 2. The van der Waals surface area contributed by atoms with E-state index in [-0.39, 0.29) is 5.75 Å². The smallest absolute Gasteiger partial charge is 0.313 e. The van der Waals surface area contributed by atoms with Gasteiger partial charge in [-0.25, -0.2) is 4.68 Å². The first kappa shape index (κ1) is 15.6. The second kappa shape index (κ2) is 6.35. The summed E-state index contributed by atoms with van der Waals surface area (Å²) in [6.45, 7) is 8.25. The van der Waals surface area contributed by atoms with Crippen LogP contribution in [0.5, 0.6) is 0 Å². The lowest BCUT2D eigenvalue weighted by Crippen LogP contribution is -2.06. The van der Waals surface area contributed by atoms with E-state index in [0.29, 0.717) is 0 Å². The molecule has 0 fully saturated rings. The number of carbonyl (C=O) groups is 1. The third kappa shape index (κ3) is 3.47. The fourth-order valence-electron chi connectivity index (χ4n) is 2.49. The van der Waals surface area contributed by atoms with E-state index in [1.807, 2.05) is 17.7 Å². The lowest BCUT2D eigenvalue weighted by Gasteiger charge is -2.13. The first-order chi connectivity index (χ1) is 9.92. The largest absolute Gasteiger partial charge is 0.481 e. The van der Waals surface area contributed by atoms with Crippen LogP contribution in [-0.2, 0) is 11.2 Å². The topological polar surface area (TPSA) is 55.1 Å². The van der Waals surface area contributed by atoms with E-state index in [9.17, 15) is 4.79 Å². The zero-order chi connectivity index (χ0) is 15.6. The molecular formula is C16H20N2O2S. The van der Waals surface area contributed by atoms with Gasteiger partial charge < -0.3 is 5.11 Å². The zero-order valence-corrected chi connectivity index (χ0v) is 13.6. The molecule has 1 aromatic carbocycles. The van der Waals surface area contributed by atoms with Gasteiger partial charge in [0, 0.05) is 0 Å². The number of thioether (sulfide) groups is 1. The molecule has 2 rings (SSSR count). The van der Waals surface area contributed by atoms with Gasteiger partial charge >= 0.3 is 5.97 Å². The lowest BCUT2D eigenvalue weighted by molar-refractivity contribution is -0.133. The molecule has 21 heavy (non-hydrogen) atoms. The molecule has 0 bridgehead atoms. The van der Waals surface area contributed by atoms with Crippen LogP contribution < -0.4 is 0 Å². The van der Waals surface area contributed by atoms with Gasteiger partial charge in [0.15, 0.2) is 0 Å². The normalized spacial score (nSPS) is 10.9. The second-order valence-electron chi connectivity index (χ2n) is 5.17. The van der Waals surface area contributed by atoms with Crippen molar-refractivity contribution in [1.82, 2.24) is 9.78 Å². The number of hydrogen-bond donors (Lipinski definition) is 1. The Hall–Kier alpha value is -1.75. The standard InChI is InChI=1S/C16H20N2O2S/c1-5-13-8-14(21-9-15(19)20)18(17-13)16-11(3)6-10(2)7-12(16)4/h6-8H,5,9H2,1-4H3,(H,19,20). The summed E-state index contributed by atoms with van der Waals surface area (Å²) < 4.78 is 1.89. The number of carboxylic acids is 1. The number of benzene rings is 1. The van der Waals surface area contributed by atoms with Gasteiger partial charge in [0.1, 0.15) is 5.03 Å². The van der Waals surface area contributed by atoms with Crippen LogP contribution in [0.3, 0.4) is 0 Å². The van der Waals surface area contributed by atoms with Gasteiger partial charge in [0.2, 0.25) is 0 Å². The number of hydrogen-bond acceptors (Lipinski definition) is 3. The first-order valence-electron chi connectivity index (χ1n) is 6.94. The molecule has 0 atom stereocenters. The van der Waals surface area contributed by atoms with E-state index in [2.05, 4.69) is 38.0 Å². The van der Waals surface area contributed by atoms with Gasteiger partial charge in [0.05, 0.1) is 17.1 Å². The molecule has 0 spiro atoms. The highest BCUT2D eigenvalue weighted by Gasteiger charge is 2.15. The number of aliphatic carboxylic acids is 1. The van der Waals surface area contributed by atoms with Crippen molar-refractivity contribution in [2.24, 2.45) is 0 Å². The summed E-state index contributed by atoms with van der Waals surface area (Å²) in [5, 5.41) is 14.4. The van der Waals surface area contributed by atoms with Crippen molar-refractivity contribution < 1.29 is 9.90 Å². The molecule has 0 saturated heterocycles. The van der Waals surface area contributed by atoms with E-state index in [0.717, 1.165) is 34.0 Å². The van der Waals surface area contributed by atoms with Crippen molar-refractivity contribution in [3.8, 4) is 5.69 Å². The molecule has 5 heteroatoms. The predicted molar refractivity (Wildman–Crippen MR) is 85.5 cm³/mol. The lowest BCUT2D eigenvalue weighted by atomic mass is 10.1. The van der Waals surface area contributed by atoms with Crippen molar-refractivity contribution in [2.75, 3.05) is 5.75 Å². The Balaban J connectivity index is 2.52. The van der Waals surface area contributed by atoms with Crippen LogP contribution in [0.1, 0.15) is 29.3 Å². The average Bonchev–Trinajstić information content (AvgIpc) is 2.78. The molecule has 0 radical (unpaired) electrons. The molecule has 1 aromatic heterocycles. The van der Waals surface area contributed by atoms with Crippen LogP contribution in [0.15, 0.2) is 23.2 Å². The molecule has 0 aliphatic heterocycles. The number of rotatable bonds is 5. The summed E-state index contributed by atoms with van der Waals surface area (Å²) in [4.78, 5) is 10.8. The van der Waals surface area contributed by atoms with E-state index in [1.54, 1.807) is 0 Å². The highest BCUT2D eigenvalue weighted by Crippen LogP contribution is 2.28. The highest BCUT2D eigenvalue weighted by molar-refractivity contribution is 7.99. The molecular weight excluding hydrogens is 284 g/mol. The third-order valence-electron chi connectivity index (χ3n) is 3.28. The van der Waals surface area contributed by atoms with Gasteiger partial charge in [0.25, 0.3) is 0 Å². The summed E-state index contributed by atoms with van der Waals surface area (Å²) in [6, 6.07) is 6.23.